The van der Waals surface area contributed by atoms with Crippen LogP contribution in [0.1, 0.15) is 0 Å². The van der Waals surface area contributed by atoms with Crippen molar-refractivity contribution in [2.75, 3.05) is 28.4 Å². The fraction of sp³-hybridized carbons (Fsp3) is 0.0500. The van der Waals surface area contributed by atoms with Gasteiger partial charge in [0.25, 0.3) is 0 Å². The van der Waals surface area contributed by atoms with Crippen LogP contribution >= 0.6 is 0 Å². The van der Waals surface area contributed by atoms with E-state index in [1.807, 2.05) is 48.5 Å². The fourth-order valence-corrected chi connectivity index (χ4v) is 13.6. The Morgan fingerprint density at radius 3 is 0.629 bits per heavy atom. The number of hydrogen-bond acceptors (Lipinski definition) is 6. The van der Waals surface area contributed by atoms with E-state index in [-0.39, 0.29) is 20.4 Å². The molecule has 2 aliphatic heterocycles. The van der Waals surface area contributed by atoms with Crippen molar-refractivity contribution in [1.82, 2.24) is 19.9 Å². The molecule has 9 heteroatoms. The van der Waals surface area contributed by atoms with Crippen LogP contribution in [0.3, 0.4) is 0 Å². The van der Waals surface area contributed by atoms with Gasteiger partial charge in [0.15, 0.2) is 0 Å². The largest absolute Gasteiger partial charge is 2.00 e. The normalized spacial score (nSPS) is 11.7. The second kappa shape index (κ2) is 21.3. The van der Waals surface area contributed by atoms with Crippen molar-refractivity contribution in [1.29, 1.82) is 0 Å². The van der Waals surface area contributed by atoms with Gasteiger partial charge in [0.1, 0.15) is 23.0 Å². The van der Waals surface area contributed by atoms with Crippen molar-refractivity contribution in [3.05, 3.63) is 243 Å². The van der Waals surface area contributed by atoms with E-state index in [1.165, 1.54) is 0 Å². The number of aromatic nitrogens is 4. The van der Waals surface area contributed by atoms with Crippen molar-refractivity contribution in [2.45, 2.75) is 0 Å². The molecule has 0 amide bonds. The monoisotopic (exact) mass is 1240 g/mol. The van der Waals surface area contributed by atoms with Crippen LogP contribution in [-0.4, -0.2) is 38.4 Å². The standard InChI is InChI=1S/C80H52N4O4.Pd/c1-85-57-29-21-45(22-30-57)69-73-61-37-49-13-5-7-15-51(49)39-63(61)75(81-73)70(46-23-31-58(86-2)32-24-46)77-65-41-53-17-9-11-19-55(53)43-67(65)79(83-77)72(48-27-35-60(88-4)36-28-48)80-68-44-56-20-12-10-18-54(56)42-66(68)78(84-80)71(47-25-33-59(87-3)34-26-47)76-64-40-52-16-8-6-14-50(52)38-62(64)74(69)82-76;/h5-44H,1-4H3;/q-2;+2. The van der Waals surface area contributed by atoms with Crippen molar-refractivity contribution < 1.29 is 39.4 Å². The molecule has 1 aliphatic carbocycles. The van der Waals surface area contributed by atoms with Crippen molar-refractivity contribution in [3.63, 3.8) is 0 Å². The van der Waals surface area contributed by atoms with E-state index in [0.717, 1.165) is 199 Å². The molecule has 0 saturated heterocycles. The van der Waals surface area contributed by atoms with Gasteiger partial charge in [-0.2, -0.15) is 0 Å². The molecule has 4 heterocycles. The molecule has 0 atom stereocenters. The Morgan fingerprint density at radius 2 is 0.438 bits per heavy atom. The summed E-state index contributed by atoms with van der Waals surface area (Å²) in [6.45, 7) is 0. The van der Waals surface area contributed by atoms with Gasteiger partial charge in [-0.25, -0.2) is 9.97 Å². The summed E-state index contributed by atoms with van der Waals surface area (Å²) in [6, 6.07) is 86.2. The van der Waals surface area contributed by atoms with Gasteiger partial charge in [0.2, 0.25) is 0 Å². The van der Waals surface area contributed by atoms with E-state index < -0.39 is 0 Å². The summed E-state index contributed by atoms with van der Waals surface area (Å²) >= 11 is 0. The van der Waals surface area contributed by atoms with E-state index in [2.05, 4.69) is 194 Å². The summed E-state index contributed by atoms with van der Waals surface area (Å²) in [5.74, 6) is 2.95. The molecule has 2 aromatic heterocycles. The molecule has 8 bridgehead atoms. The summed E-state index contributed by atoms with van der Waals surface area (Å²) in [5.41, 5.74) is 17.3. The molecule has 0 N–H and O–H groups in total. The maximum atomic E-state index is 6.16. The van der Waals surface area contributed by atoms with Crippen LogP contribution in [0, 0.1) is 0 Å². The fourth-order valence-electron chi connectivity index (χ4n) is 13.6. The minimum Gasteiger partial charge on any atom is -0.656 e. The third kappa shape index (κ3) is 8.60. The number of rotatable bonds is 8. The van der Waals surface area contributed by atoms with E-state index >= 15 is 0 Å². The number of ether oxygens (including phenoxy) is 4. The molecule has 0 spiro atoms. The maximum Gasteiger partial charge on any atom is 2.00 e. The molecule has 14 aromatic rings. The van der Waals surface area contributed by atoms with Crippen molar-refractivity contribution >= 4 is 86.7 Å². The predicted octanol–water partition coefficient (Wildman–Crippen LogP) is 19.9. The molecule has 0 unspecified atom stereocenters. The first-order valence-electron chi connectivity index (χ1n) is 29.5. The number of methoxy groups -OCH3 is 4. The first-order valence-corrected chi connectivity index (χ1v) is 29.5. The molecule has 17 rings (SSSR count). The Morgan fingerprint density at radius 1 is 0.247 bits per heavy atom. The maximum absolute atomic E-state index is 6.16. The Bertz CT molecular complexity index is 4910. The SMILES string of the molecule is COc1ccc(-c2c3nc(c(-c4ccc(OC)cc4)c4[n-]c(c(-c5ccc(OC)cc5)c5nc(c(-c6ccc(OC)cc6)c6[n-]c2c2cc7ccccc7cc62)-c2cc6ccccc6cc2-5)c2cc5ccccc5cc42)-c2cc4ccccc4cc2-3)cc1.[Pd+2]. The summed E-state index contributed by atoms with van der Waals surface area (Å²) in [7, 11) is 6.82. The number of nitrogens with zero attached hydrogens (tertiary/aromatic N) is 4. The van der Waals surface area contributed by atoms with Gasteiger partial charge < -0.3 is 28.9 Å². The van der Waals surface area contributed by atoms with E-state index in [9.17, 15) is 0 Å². The van der Waals surface area contributed by atoms with Gasteiger partial charge in [0, 0.05) is 22.3 Å². The quantitative estimate of drug-likeness (QED) is 0.139. The summed E-state index contributed by atoms with van der Waals surface area (Å²) < 4.78 is 23.5. The average molecular weight is 1240 g/mol. The summed E-state index contributed by atoms with van der Waals surface area (Å²) in [5, 5.41) is 12.6. The van der Waals surface area contributed by atoms with Crippen LogP contribution in [-0.2, 0) is 20.4 Å². The molecule has 426 valence electrons. The molecular formula is C80H52N4O4Pd. The Hall–Kier alpha value is -10.8. The van der Waals surface area contributed by atoms with Gasteiger partial charge >= 0.3 is 20.4 Å². The van der Waals surface area contributed by atoms with Crippen LogP contribution in [0.5, 0.6) is 23.0 Å². The molecule has 89 heavy (non-hydrogen) atoms. The predicted molar refractivity (Wildman–Crippen MR) is 361 cm³/mol. The molecule has 0 saturated carbocycles. The Balaban J connectivity index is 0.00000636. The van der Waals surface area contributed by atoms with Crippen molar-refractivity contribution in [3.8, 4) is 113 Å². The zero-order chi connectivity index (χ0) is 58.7. The molecule has 0 fully saturated rings. The first kappa shape index (κ1) is 53.6. The zero-order valence-electron chi connectivity index (χ0n) is 48.8. The van der Waals surface area contributed by atoms with Crippen LogP contribution in [0.2, 0.25) is 0 Å². The van der Waals surface area contributed by atoms with Gasteiger partial charge in [0.05, 0.1) is 51.2 Å². The van der Waals surface area contributed by atoms with Gasteiger partial charge in [-0.1, -0.05) is 146 Å². The topological polar surface area (TPSA) is 90.9 Å². The average Bonchev–Trinajstić information content (AvgIpc) is 1.63. The van der Waals surface area contributed by atoms with Gasteiger partial charge in [-0.3, -0.25) is 0 Å². The second-order valence-corrected chi connectivity index (χ2v) is 22.6. The third-order valence-corrected chi connectivity index (χ3v) is 17.9. The smallest absolute Gasteiger partial charge is 0.656 e. The van der Waals surface area contributed by atoms with Crippen LogP contribution in [0.25, 0.3) is 176 Å². The molecule has 8 nitrogen and oxygen atoms in total. The van der Waals surface area contributed by atoms with E-state index in [4.69, 9.17) is 38.9 Å². The first-order chi connectivity index (χ1) is 43.4. The zero-order valence-corrected chi connectivity index (χ0v) is 50.4. The molecule has 12 aromatic carbocycles. The number of fused-ring (bicyclic) bond motifs is 4. The summed E-state index contributed by atoms with van der Waals surface area (Å²) in [6.07, 6.45) is 0. The van der Waals surface area contributed by atoms with Crippen LogP contribution < -0.4 is 28.9 Å². The van der Waals surface area contributed by atoms with Crippen molar-refractivity contribution in [2.24, 2.45) is 0 Å². The number of hydrogen-bond donors (Lipinski definition) is 0. The van der Waals surface area contributed by atoms with E-state index in [1.54, 1.807) is 28.4 Å². The summed E-state index contributed by atoms with van der Waals surface area (Å²) in [4.78, 5) is 24.6. The minimum atomic E-state index is 0. The number of benzene rings is 12. The van der Waals surface area contributed by atoms with E-state index in [0.29, 0.717) is 0 Å². The molecular weight excluding hydrogens is 1190 g/mol. The van der Waals surface area contributed by atoms with Crippen LogP contribution in [0.4, 0.5) is 0 Å². The minimum absolute atomic E-state index is 0. The second-order valence-electron chi connectivity index (χ2n) is 22.6. The molecule has 3 aliphatic rings. The Kier molecular flexibility index (Phi) is 12.8. The third-order valence-electron chi connectivity index (χ3n) is 17.9. The van der Waals surface area contributed by atoms with Crippen LogP contribution in [0.15, 0.2) is 243 Å². The van der Waals surface area contributed by atoms with Gasteiger partial charge in [-0.15, -0.1) is 22.1 Å². The van der Waals surface area contributed by atoms with Gasteiger partial charge in [-0.05, 0) is 206 Å². The Labute approximate surface area is 526 Å². The molecule has 0 radical (unpaired) electrons.